The molecule has 2 N–H and O–H groups in total. The topological polar surface area (TPSA) is 44.5 Å². The van der Waals surface area contributed by atoms with Crippen LogP contribution >= 0.6 is 15.9 Å². The van der Waals surface area contributed by atoms with Crippen LogP contribution in [0.4, 0.5) is 10.1 Å². The molecular formula is C14H13BrFNO2. The third-order valence-corrected chi connectivity index (χ3v) is 3.01. The zero-order valence-corrected chi connectivity index (χ0v) is 11.9. The number of hydrogen-bond acceptors (Lipinski definition) is 3. The van der Waals surface area contributed by atoms with Crippen molar-refractivity contribution in [3.05, 3.63) is 52.3 Å². The van der Waals surface area contributed by atoms with Crippen LogP contribution in [0.25, 0.3) is 0 Å². The molecule has 5 heteroatoms. The quantitative estimate of drug-likeness (QED) is 0.870. The average molecular weight is 326 g/mol. The van der Waals surface area contributed by atoms with Gasteiger partial charge in [-0.25, -0.2) is 4.39 Å². The van der Waals surface area contributed by atoms with E-state index in [0.717, 1.165) is 5.56 Å². The van der Waals surface area contributed by atoms with Crippen molar-refractivity contribution in [2.24, 2.45) is 0 Å². The molecular weight excluding hydrogens is 313 g/mol. The Morgan fingerprint density at radius 2 is 2.00 bits per heavy atom. The van der Waals surface area contributed by atoms with Crippen LogP contribution in [-0.2, 0) is 6.61 Å². The zero-order chi connectivity index (χ0) is 13.8. The number of ether oxygens (including phenoxy) is 2. The standard InChI is InChI=1S/C14H13BrFNO2/c1-18-12-5-9(4-11(17)7-12)8-19-14-3-2-10(15)6-13(14)16/h2-7H,8,17H2,1H3. The number of nitrogen functional groups attached to an aromatic ring is 1. The molecule has 0 aliphatic heterocycles. The summed E-state index contributed by atoms with van der Waals surface area (Å²) in [6, 6.07) is 9.92. The molecule has 100 valence electrons. The van der Waals surface area contributed by atoms with E-state index in [2.05, 4.69) is 15.9 Å². The third kappa shape index (κ3) is 3.61. The van der Waals surface area contributed by atoms with Crippen LogP contribution in [-0.4, -0.2) is 7.11 Å². The SMILES string of the molecule is COc1cc(N)cc(COc2ccc(Br)cc2F)c1. The Balaban J connectivity index is 2.12. The molecule has 0 aromatic heterocycles. The summed E-state index contributed by atoms with van der Waals surface area (Å²) in [4.78, 5) is 0. The Kier molecular flexibility index (Phi) is 4.27. The normalized spacial score (nSPS) is 10.3. The van der Waals surface area contributed by atoms with Crippen LogP contribution in [0.3, 0.4) is 0 Å². The Morgan fingerprint density at radius 3 is 2.68 bits per heavy atom. The van der Waals surface area contributed by atoms with Crippen LogP contribution < -0.4 is 15.2 Å². The molecule has 0 aliphatic carbocycles. The maximum absolute atomic E-state index is 13.6. The van der Waals surface area contributed by atoms with Crippen molar-refractivity contribution >= 4 is 21.6 Å². The molecule has 0 atom stereocenters. The van der Waals surface area contributed by atoms with E-state index in [4.69, 9.17) is 15.2 Å². The van der Waals surface area contributed by atoms with Gasteiger partial charge in [0.2, 0.25) is 0 Å². The van der Waals surface area contributed by atoms with Gasteiger partial charge in [-0.15, -0.1) is 0 Å². The lowest BCUT2D eigenvalue weighted by Gasteiger charge is -2.09. The summed E-state index contributed by atoms with van der Waals surface area (Å²) in [5, 5.41) is 0. The minimum absolute atomic E-state index is 0.199. The van der Waals surface area contributed by atoms with Crippen molar-refractivity contribution in [1.82, 2.24) is 0 Å². The molecule has 2 aromatic rings. The van der Waals surface area contributed by atoms with Crippen molar-refractivity contribution in [2.75, 3.05) is 12.8 Å². The third-order valence-electron chi connectivity index (χ3n) is 2.51. The minimum Gasteiger partial charge on any atom is -0.497 e. The van der Waals surface area contributed by atoms with Crippen molar-refractivity contribution in [1.29, 1.82) is 0 Å². The van der Waals surface area contributed by atoms with Crippen molar-refractivity contribution in [3.63, 3.8) is 0 Å². The van der Waals surface area contributed by atoms with Crippen molar-refractivity contribution in [3.8, 4) is 11.5 Å². The summed E-state index contributed by atoms with van der Waals surface area (Å²) in [5.41, 5.74) is 7.13. The molecule has 0 saturated heterocycles. The molecule has 0 amide bonds. The van der Waals surface area contributed by atoms with Gasteiger partial charge >= 0.3 is 0 Å². The maximum Gasteiger partial charge on any atom is 0.166 e. The first-order valence-electron chi connectivity index (χ1n) is 5.60. The largest absolute Gasteiger partial charge is 0.497 e. The molecule has 0 radical (unpaired) electrons. The molecule has 0 saturated carbocycles. The lowest BCUT2D eigenvalue weighted by Crippen LogP contribution is -1.99. The second-order valence-electron chi connectivity index (χ2n) is 3.98. The van der Waals surface area contributed by atoms with Gasteiger partial charge in [0, 0.05) is 16.2 Å². The van der Waals surface area contributed by atoms with Gasteiger partial charge in [-0.05, 0) is 35.9 Å². The molecule has 2 aromatic carbocycles. The highest BCUT2D eigenvalue weighted by atomic mass is 79.9. The first kappa shape index (κ1) is 13.7. The summed E-state index contributed by atoms with van der Waals surface area (Å²) in [6.07, 6.45) is 0. The van der Waals surface area contributed by atoms with E-state index in [9.17, 15) is 4.39 Å². The van der Waals surface area contributed by atoms with Crippen molar-refractivity contribution < 1.29 is 13.9 Å². The summed E-state index contributed by atoms with van der Waals surface area (Å²) in [5.74, 6) is 0.435. The molecule has 3 nitrogen and oxygen atoms in total. The highest BCUT2D eigenvalue weighted by Crippen LogP contribution is 2.24. The molecule has 0 fully saturated rings. The van der Waals surface area contributed by atoms with Gasteiger partial charge in [-0.3, -0.25) is 0 Å². The summed E-state index contributed by atoms with van der Waals surface area (Å²) in [7, 11) is 1.56. The van der Waals surface area contributed by atoms with Gasteiger partial charge in [0.15, 0.2) is 11.6 Å². The number of benzene rings is 2. The molecule has 19 heavy (non-hydrogen) atoms. The first-order valence-corrected chi connectivity index (χ1v) is 6.39. The summed E-state index contributed by atoms with van der Waals surface area (Å²) >= 11 is 3.19. The molecule has 0 heterocycles. The maximum atomic E-state index is 13.6. The molecule has 0 unspecified atom stereocenters. The Labute approximate surface area is 119 Å². The number of nitrogens with two attached hydrogens (primary N) is 1. The van der Waals surface area contributed by atoms with Gasteiger partial charge in [0.05, 0.1) is 7.11 Å². The Morgan fingerprint density at radius 1 is 1.21 bits per heavy atom. The van der Waals surface area contributed by atoms with Crippen LogP contribution in [0, 0.1) is 5.82 Å². The second-order valence-corrected chi connectivity index (χ2v) is 4.89. The van der Waals surface area contributed by atoms with Crippen LogP contribution in [0.15, 0.2) is 40.9 Å². The lowest BCUT2D eigenvalue weighted by molar-refractivity contribution is 0.289. The second kappa shape index (κ2) is 5.93. The van der Waals surface area contributed by atoms with E-state index in [-0.39, 0.29) is 12.4 Å². The average Bonchev–Trinajstić information content (AvgIpc) is 2.37. The van der Waals surface area contributed by atoms with Crippen molar-refractivity contribution in [2.45, 2.75) is 6.61 Å². The highest BCUT2D eigenvalue weighted by Gasteiger charge is 2.05. The van der Waals surface area contributed by atoms with E-state index in [1.165, 1.54) is 6.07 Å². The summed E-state index contributed by atoms with van der Waals surface area (Å²) in [6.45, 7) is 0.222. The fourth-order valence-electron chi connectivity index (χ4n) is 1.64. The van der Waals surface area contributed by atoms with E-state index in [1.54, 1.807) is 37.4 Å². The van der Waals surface area contributed by atoms with Gasteiger partial charge in [0.25, 0.3) is 0 Å². The van der Waals surface area contributed by atoms with E-state index < -0.39 is 5.82 Å². The summed E-state index contributed by atoms with van der Waals surface area (Å²) < 4.78 is 24.8. The van der Waals surface area contributed by atoms with Gasteiger partial charge in [0.1, 0.15) is 12.4 Å². The zero-order valence-electron chi connectivity index (χ0n) is 10.3. The Hall–Kier alpha value is -1.75. The monoisotopic (exact) mass is 325 g/mol. The van der Waals surface area contributed by atoms with Gasteiger partial charge in [-0.2, -0.15) is 0 Å². The molecule has 0 bridgehead atoms. The fourth-order valence-corrected chi connectivity index (χ4v) is 1.97. The Bertz CT molecular complexity index is 590. The fraction of sp³-hybridized carbons (Fsp3) is 0.143. The van der Waals surface area contributed by atoms with E-state index in [0.29, 0.717) is 15.9 Å². The molecule has 0 aliphatic rings. The molecule has 0 spiro atoms. The minimum atomic E-state index is -0.412. The van der Waals surface area contributed by atoms with E-state index in [1.807, 2.05) is 0 Å². The molecule has 2 rings (SSSR count). The van der Waals surface area contributed by atoms with Gasteiger partial charge < -0.3 is 15.2 Å². The van der Waals surface area contributed by atoms with Gasteiger partial charge in [-0.1, -0.05) is 15.9 Å². The predicted molar refractivity (Wildman–Crippen MR) is 75.8 cm³/mol. The van der Waals surface area contributed by atoms with Crippen LogP contribution in [0.2, 0.25) is 0 Å². The number of rotatable bonds is 4. The number of methoxy groups -OCH3 is 1. The highest BCUT2D eigenvalue weighted by molar-refractivity contribution is 9.10. The van der Waals surface area contributed by atoms with Crippen LogP contribution in [0.5, 0.6) is 11.5 Å². The van der Waals surface area contributed by atoms with E-state index >= 15 is 0 Å². The number of hydrogen-bond donors (Lipinski definition) is 1. The number of halogens is 2. The smallest absolute Gasteiger partial charge is 0.166 e. The first-order chi connectivity index (χ1) is 9.08. The predicted octanol–water partition coefficient (Wildman–Crippen LogP) is 3.76. The number of anilines is 1. The van der Waals surface area contributed by atoms with Crippen LogP contribution in [0.1, 0.15) is 5.56 Å². The lowest BCUT2D eigenvalue weighted by atomic mass is 10.2.